The number of hydrogen-bond acceptors (Lipinski definition) is 6. The molecule has 5 atom stereocenters. The van der Waals surface area contributed by atoms with Crippen molar-refractivity contribution < 1.29 is 30.0 Å². The average molecular weight is 283 g/mol. The van der Waals surface area contributed by atoms with Crippen LogP contribution < -0.4 is 5.32 Å². The number of ether oxygens (including phenoxy) is 1. The van der Waals surface area contributed by atoms with E-state index >= 15 is 0 Å². The molecule has 1 aliphatic heterocycles. The predicted octanol–water partition coefficient (Wildman–Crippen LogP) is -0.376. The third kappa shape index (κ3) is 2.75. The Bertz CT molecular complexity index is 494. The van der Waals surface area contributed by atoms with Crippen LogP contribution in [-0.2, 0) is 4.74 Å². The van der Waals surface area contributed by atoms with E-state index in [0.29, 0.717) is 0 Å². The van der Waals surface area contributed by atoms with Crippen molar-refractivity contribution in [2.75, 3.05) is 5.32 Å². The Morgan fingerprint density at radius 3 is 2.45 bits per heavy atom. The Balaban J connectivity index is 2.20. The maximum atomic E-state index is 11.1. The molecule has 20 heavy (non-hydrogen) atoms. The van der Waals surface area contributed by atoms with Gasteiger partial charge in [0.2, 0.25) is 0 Å². The lowest BCUT2D eigenvalue weighted by Crippen LogP contribution is -2.58. The van der Waals surface area contributed by atoms with Gasteiger partial charge in [-0.2, -0.15) is 0 Å². The highest BCUT2D eigenvalue weighted by molar-refractivity contribution is 5.94. The van der Waals surface area contributed by atoms with Gasteiger partial charge in [-0.25, -0.2) is 4.79 Å². The van der Waals surface area contributed by atoms with E-state index in [1.807, 2.05) is 0 Å². The molecular formula is C13H17NO6. The van der Waals surface area contributed by atoms with E-state index in [-0.39, 0.29) is 11.3 Å². The maximum absolute atomic E-state index is 11.1. The lowest BCUT2D eigenvalue weighted by Gasteiger charge is -2.40. The van der Waals surface area contributed by atoms with Crippen molar-refractivity contribution in [2.45, 2.75) is 37.6 Å². The average Bonchev–Trinajstić information content (AvgIpc) is 2.43. The topological polar surface area (TPSA) is 119 Å². The first-order valence-corrected chi connectivity index (χ1v) is 6.20. The normalized spacial score (nSPS) is 33.7. The summed E-state index contributed by atoms with van der Waals surface area (Å²) in [6.07, 6.45) is -5.64. The Morgan fingerprint density at radius 2 is 1.80 bits per heavy atom. The van der Waals surface area contributed by atoms with Gasteiger partial charge in [0.1, 0.15) is 18.3 Å². The molecule has 0 amide bonds. The number of carboxylic acids is 1. The zero-order valence-electron chi connectivity index (χ0n) is 10.8. The zero-order valence-corrected chi connectivity index (χ0v) is 10.8. The maximum Gasteiger partial charge on any atom is 0.337 e. The standard InChI is InChI=1S/C13H17NO6/c1-6-9(15)10(16)11(17)12(20-6)14-8-5-3-2-4-7(8)13(18)19/h2-6,9-12,14-17H,1H3,(H,18,19)/t6-,9-,10-,11-,12+/m0/s1. The van der Waals surface area contributed by atoms with E-state index in [1.54, 1.807) is 19.1 Å². The fourth-order valence-electron chi connectivity index (χ4n) is 2.12. The Kier molecular flexibility index (Phi) is 4.24. The second-order valence-corrected chi connectivity index (χ2v) is 4.73. The summed E-state index contributed by atoms with van der Waals surface area (Å²) >= 11 is 0. The first-order valence-electron chi connectivity index (χ1n) is 6.20. The van der Waals surface area contributed by atoms with Crippen LogP contribution in [0.1, 0.15) is 17.3 Å². The molecular weight excluding hydrogens is 266 g/mol. The summed E-state index contributed by atoms with van der Waals surface area (Å²) in [4.78, 5) is 11.1. The molecule has 0 radical (unpaired) electrons. The highest BCUT2D eigenvalue weighted by atomic mass is 16.5. The summed E-state index contributed by atoms with van der Waals surface area (Å²) in [6.45, 7) is 1.55. The Labute approximate surface area is 115 Å². The van der Waals surface area contributed by atoms with Gasteiger partial charge in [-0.1, -0.05) is 12.1 Å². The van der Waals surface area contributed by atoms with Crippen molar-refractivity contribution in [1.29, 1.82) is 0 Å². The summed E-state index contributed by atoms with van der Waals surface area (Å²) in [5.41, 5.74) is 0.288. The first-order chi connectivity index (χ1) is 9.41. The van der Waals surface area contributed by atoms with E-state index in [9.17, 15) is 20.1 Å². The van der Waals surface area contributed by atoms with Gasteiger partial charge in [0.25, 0.3) is 0 Å². The molecule has 2 rings (SSSR count). The van der Waals surface area contributed by atoms with E-state index in [1.165, 1.54) is 12.1 Å². The third-order valence-corrected chi connectivity index (χ3v) is 3.31. The van der Waals surface area contributed by atoms with Crippen LogP contribution in [0.5, 0.6) is 0 Å². The highest BCUT2D eigenvalue weighted by Crippen LogP contribution is 2.24. The number of anilines is 1. The van der Waals surface area contributed by atoms with E-state index in [2.05, 4.69) is 5.32 Å². The number of rotatable bonds is 3. The van der Waals surface area contributed by atoms with Crippen molar-refractivity contribution in [2.24, 2.45) is 0 Å². The second kappa shape index (κ2) is 5.76. The van der Waals surface area contributed by atoms with Crippen LogP contribution in [0.3, 0.4) is 0 Å². The quantitative estimate of drug-likeness (QED) is 0.513. The molecule has 7 heteroatoms. The molecule has 0 saturated carbocycles. The first kappa shape index (κ1) is 14.7. The van der Waals surface area contributed by atoms with Crippen LogP contribution >= 0.6 is 0 Å². The van der Waals surface area contributed by atoms with E-state index < -0.39 is 36.6 Å². The number of aromatic carboxylic acids is 1. The van der Waals surface area contributed by atoms with Gasteiger partial charge in [-0.15, -0.1) is 0 Å². The SMILES string of the molecule is C[C@@H]1O[C@@H](Nc2ccccc2C(=O)O)[C@@H](O)[C@@H](O)[C@H]1O. The van der Waals surface area contributed by atoms with Gasteiger partial charge < -0.3 is 30.5 Å². The van der Waals surface area contributed by atoms with Crippen molar-refractivity contribution in [3.05, 3.63) is 29.8 Å². The minimum Gasteiger partial charge on any atom is -0.478 e. The number of aliphatic hydroxyl groups is 3. The summed E-state index contributed by atoms with van der Waals surface area (Å²) in [7, 11) is 0. The van der Waals surface area contributed by atoms with Gasteiger partial charge in [-0.3, -0.25) is 0 Å². The predicted molar refractivity (Wildman–Crippen MR) is 69.4 cm³/mol. The highest BCUT2D eigenvalue weighted by Gasteiger charge is 2.41. The number of carbonyl (C=O) groups is 1. The molecule has 0 aromatic heterocycles. The number of hydrogen-bond donors (Lipinski definition) is 5. The second-order valence-electron chi connectivity index (χ2n) is 4.73. The molecule has 1 aromatic rings. The van der Waals surface area contributed by atoms with Crippen LogP contribution in [0.2, 0.25) is 0 Å². The van der Waals surface area contributed by atoms with E-state index in [4.69, 9.17) is 9.84 Å². The smallest absolute Gasteiger partial charge is 0.337 e. The van der Waals surface area contributed by atoms with Gasteiger partial charge in [0.15, 0.2) is 6.23 Å². The number of benzene rings is 1. The summed E-state index contributed by atoms with van der Waals surface area (Å²) < 4.78 is 5.36. The molecule has 1 aliphatic rings. The lowest BCUT2D eigenvalue weighted by atomic mass is 9.99. The zero-order chi connectivity index (χ0) is 14.9. The van der Waals surface area contributed by atoms with Crippen LogP contribution in [0.4, 0.5) is 5.69 Å². The number of carboxylic acid groups (broad SMARTS) is 1. The van der Waals surface area contributed by atoms with Crippen LogP contribution in [0.25, 0.3) is 0 Å². The van der Waals surface area contributed by atoms with Crippen molar-refractivity contribution >= 4 is 11.7 Å². The summed E-state index contributed by atoms with van der Waals surface area (Å²) in [5.74, 6) is -1.12. The fourth-order valence-corrected chi connectivity index (χ4v) is 2.12. The number of nitrogens with one attached hydrogen (secondary N) is 1. The molecule has 1 saturated heterocycles. The number of aliphatic hydroxyl groups excluding tert-OH is 3. The lowest BCUT2D eigenvalue weighted by molar-refractivity contribution is -0.209. The molecule has 1 fully saturated rings. The van der Waals surface area contributed by atoms with Gasteiger partial charge >= 0.3 is 5.97 Å². The monoisotopic (exact) mass is 283 g/mol. The van der Waals surface area contributed by atoms with Crippen LogP contribution in [-0.4, -0.2) is 57.0 Å². The summed E-state index contributed by atoms with van der Waals surface area (Å²) in [6, 6.07) is 6.16. The molecule has 0 aliphatic carbocycles. The molecule has 110 valence electrons. The molecule has 0 unspecified atom stereocenters. The Morgan fingerprint density at radius 1 is 1.15 bits per heavy atom. The molecule has 5 N–H and O–H groups in total. The van der Waals surface area contributed by atoms with Crippen molar-refractivity contribution in [3.63, 3.8) is 0 Å². The van der Waals surface area contributed by atoms with Crippen molar-refractivity contribution in [3.8, 4) is 0 Å². The minimum absolute atomic E-state index is 0.0246. The molecule has 7 nitrogen and oxygen atoms in total. The van der Waals surface area contributed by atoms with Gasteiger partial charge in [0, 0.05) is 0 Å². The van der Waals surface area contributed by atoms with E-state index in [0.717, 1.165) is 0 Å². The third-order valence-electron chi connectivity index (χ3n) is 3.31. The largest absolute Gasteiger partial charge is 0.478 e. The van der Waals surface area contributed by atoms with Gasteiger partial charge in [0.05, 0.1) is 17.4 Å². The molecule has 1 heterocycles. The van der Waals surface area contributed by atoms with Crippen LogP contribution in [0, 0.1) is 0 Å². The van der Waals surface area contributed by atoms with Gasteiger partial charge in [-0.05, 0) is 19.1 Å². The van der Waals surface area contributed by atoms with Crippen molar-refractivity contribution in [1.82, 2.24) is 0 Å². The Hall–Kier alpha value is -1.67. The fraction of sp³-hybridized carbons (Fsp3) is 0.462. The number of para-hydroxylation sites is 1. The summed E-state index contributed by atoms with van der Waals surface area (Å²) in [5, 5.41) is 41.0. The minimum atomic E-state index is -1.37. The molecule has 1 aromatic carbocycles. The molecule has 0 spiro atoms. The molecule has 0 bridgehead atoms. The van der Waals surface area contributed by atoms with Crippen LogP contribution in [0.15, 0.2) is 24.3 Å².